The van der Waals surface area contributed by atoms with Gasteiger partial charge in [-0.15, -0.1) is 7.77 Å². The van der Waals surface area contributed by atoms with Gasteiger partial charge >= 0.3 is 30.8 Å². The molecule has 380 valence electrons. The maximum atomic E-state index is 13.2. The van der Waals surface area contributed by atoms with Gasteiger partial charge in [0.05, 0.1) is 23.0 Å². The lowest BCUT2D eigenvalue weighted by Crippen LogP contribution is -2.14. The van der Waals surface area contributed by atoms with Gasteiger partial charge in [-0.1, -0.05) is 12.1 Å². The first-order chi connectivity index (χ1) is 33.1. The zero-order valence-corrected chi connectivity index (χ0v) is 40.0. The number of amides is 2. The molecule has 0 aliphatic rings. The van der Waals surface area contributed by atoms with Gasteiger partial charge in [-0.2, -0.15) is 45.2 Å². The van der Waals surface area contributed by atoms with Gasteiger partial charge in [-0.3, -0.25) is 18.7 Å². The molecule has 0 aliphatic carbocycles. The van der Waals surface area contributed by atoms with Crippen molar-refractivity contribution in [3.05, 3.63) is 118 Å². The van der Waals surface area contributed by atoms with Crippen LogP contribution < -0.4 is 54.5 Å². The highest BCUT2D eigenvalue weighted by atomic mass is 32.3. The molecule has 0 bridgehead atoms. The van der Waals surface area contributed by atoms with Crippen LogP contribution in [0.3, 0.4) is 0 Å². The number of hydrogen-bond acceptors (Lipinski definition) is 20. The van der Waals surface area contributed by atoms with E-state index in [0.717, 1.165) is 24.3 Å². The lowest BCUT2D eigenvalue weighted by atomic mass is 10.1. The first kappa shape index (κ1) is 55.6. The third-order valence-electron chi connectivity index (χ3n) is 9.55. The third-order valence-corrected chi connectivity index (χ3v) is 11.2. The van der Waals surface area contributed by atoms with Crippen molar-refractivity contribution < 1.29 is 61.2 Å². The van der Waals surface area contributed by atoms with Gasteiger partial charge in [0.15, 0.2) is 0 Å². The summed E-state index contributed by atoms with van der Waals surface area (Å²) in [4.78, 5) is 39.5. The molecule has 0 saturated carbocycles. The van der Waals surface area contributed by atoms with E-state index in [1.807, 2.05) is 0 Å². The number of carbonyl (C=O) groups excluding carboxylic acids is 2. The van der Waals surface area contributed by atoms with Crippen LogP contribution in [0.5, 0.6) is 11.5 Å². The second-order valence-corrected chi connectivity index (χ2v) is 18.4. The number of aromatic nitrogens is 4. The molecule has 0 fully saturated rings. The quantitative estimate of drug-likeness (QED) is 0.0368. The van der Waals surface area contributed by atoms with Crippen molar-refractivity contribution in [3.8, 4) is 11.5 Å². The van der Waals surface area contributed by atoms with Gasteiger partial charge in [0.2, 0.25) is 11.9 Å². The molecule has 2 aromatic heterocycles. The van der Waals surface area contributed by atoms with Crippen LogP contribution in [0.1, 0.15) is 55.8 Å². The number of ether oxygens (including phenoxy) is 2. The standard InChI is InChI=1S/2C21H23FN6O4S.H2O4S/c2*1-12-4-9-15(33(22,30)31)11-17(12)20(29)26-13-5-7-14(8-6-13)32-10-2-3-16-18(23)27-21(25)28-19(16)24;1-5(2,3)4/h2*4-9,11H,2-3,10H2,1H3,(H,26,29)(H6,23,24,25,27,28);(H2,1,2,3,4). The minimum Gasteiger partial charge on any atom is -0.494 e. The zero-order chi connectivity index (χ0) is 52.8. The first-order valence-corrected chi connectivity index (χ1v) is 24.5. The first-order valence-electron chi connectivity index (χ1n) is 20.3. The number of carbonyl (C=O) groups is 2. The Hall–Kier alpha value is -7.99. The predicted octanol–water partition coefficient (Wildman–Crippen LogP) is 4.25. The highest BCUT2D eigenvalue weighted by Crippen LogP contribution is 2.25. The van der Waals surface area contributed by atoms with Gasteiger partial charge < -0.3 is 54.5 Å². The highest BCUT2D eigenvalue weighted by molar-refractivity contribution is 7.86. The van der Waals surface area contributed by atoms with E-state index in [-0.39, 0.29) is 46.3 Å². The van der Waals surface area contributed by atoms with Crippen molar-refractivity contribution in [3.63, 3.8) is 0 Å². The fourth-order valence-electron chi connectivity index (χ4n) is 6.13. The van der Waals surface area contributed by atoms with E-state index in [1.54, 1.807) is 62.4 Å². The van der Waals surface area contributed by atoms with E-state index in [1.165, 1.54) is 12.1 Å². The Morgan fingerprint density at radius 3 is 1.11 bits per heavy atom. The molecule has 4 aromatic carbocycles. The number of rotatable bonds is 16. The molecule has 2 amide bonds. The fourth-order valence-corrected chi connectivity index (χ4v) is 7.11. The maximum absolute atomic E-state index is 13.2. The Balaban J connectivity index is 0.000000282. The van der Waals surface area contributed by atoms with Gasteiger partial charge in [0, 0.05) is 33.6 Å². The Morgan fingerprint density at radius 1 is 0.535 bits per heavy atom. The van der Waals surface area contributed by atoms with E-state index in [0.29, 0.717) is 84.0 Å². The second-order valence-electron chi connectivity index (χ2n) is 14.8. The molecule has 29 heteroatoms. The van der Waals surface area contributed by atoms with Crippen molar-refractivity contribution >= 4 is 89.2 Å². The summed E-state index contributed by atoms with van der Waals surface area (Å²) < 4.78 is 114. The molecule has 0 spiro atoms. The van der Waals surface area contributed by atoms with Crippen LogP contribution in [0.4, 0.5) is 54.3 Å². The van der Waals surface area contributed by atoms with Crippen molar-refractivity contribution in [1.29, 1.82) is 0 Å². The number of nitrogens with two attached hydrogens (primary N) is 6. The number of anilines is 8. The summed E-state index contributed by atoms with van der Waals surface area (Å²) in [5.41, 5.74) is 37.5. The van der Waals surface area contributed by atoms with E-state index in [9.17, 15) is 34.2 Å². The number of aryl methyl sites for hydroxylation is 2. The van der Waals surface area contributed by atoms with Crippen LogP contribution in [-0.2, 0) is 43.7 Å². The number of hydrogen-bond donors (Lipinski definition) is 10. The summed E-state index contributed by atoms with van der Waals surface area (Å²) in [5, 5.41) is 5.29. The topological polar surface area (TPSA) is 427 Å². The minimum absolute atomic E-state index is 0.0208. The Kier molecular flexibility index (Phi) is 18.8. The summed E-state index contributed by atoms with van der Waals surface area (Å²) in [7, 11) is -14.5. The molecule has 0 atom stereocenters. The van der Waals surface area contributed by atoms with E-state index >= 15 is 0 Å². The second kappa shape index (κ2) is 24.0. The van der Waals surface area contributed by atoms with Crippen LogP contribution in [0, 0.1) is 13.8 Å². The number of nitrogen functional groups attached to an aromatic ring is 6. The summed E-state index contributed by atoms with van der Waals surface area (Å²) in [6.07, 6.45) is 2.23. The van der Waals surface area contributed by atoms with Gasteiger partial charge in [0.25, 0.3) is 11.8 Å². The van der Waals surface area contributed by atoms with Crippen molar-refractivity contribution in [2.45, 2.75) is 49.3 Å². The lowest BCUT2D eigenvalue weighted by Gasteiger charge is -2.11. The number of nitrogens with zero attached hydrogens (tertiary/aromatic N) is 4. The maximum Gasteiger partial charge on any atom is 0.394 e. The molecule has 0 radical (unpaired) electrons. The summed E-state index contributed by atoms with van der Waals surface area (Å²) >= 11 is 0. The van der Waals surface area contributed by atoms with Gasteiger partial charge in [0.1, 0.15) is 34.8 Å². The van der Waals surface area contributed by atoms with Crippen molar-refractivity contribution in [2.75, 3.05) is 58.2 Å². The molecule has 24 nitrogen and oxygen atoms in total. The molecule has 0 unspecified atom stereocenters. The molecule has 0 saturated heterocycles. The number of halogens is 2. The predicted molar refractivity (Wildman–Crippen MR) is 260 cm³/mol. The van der Waals surface area contributed by atoms with E-state index in [2.05, 4.69) is 30.6 Å². The lowest BCUT2D eigenvalue weighted by molar-refractivity contribution is 0.101. The van der Waals surface area contributed by atoms with Gasteiger partial charge in [-0.05, 0) is 123 Å². The molecule has 71 heavy (non-hydrogen) atoms. The summed E-state index contributed by atoms with van der Waals surface area (Å²) in [6.45, 7) is 3.99. The third kappa shape index (κ3) is 17.8. The molecular formula is C42H48F2N12O12S3. The highest BCUT2D eigenvalue weighted by Gasteiger charge is 2.19. The average Bonchev–Trinajstić information content (AvgIpc) is 3.25. The monoisotopic (exact) mass is 1050 g/mol. The minimum atomic E-state index is -4.91. The Bertz CT molecular complexity index is 2980. The Labute approximate surface area is 406 Å². The van der Waals surface area contributed by atoms with Crippen LogP contribution >= 0.6 is 0 Å². The summed E-state index contributed by atoms with van der Waals surface area (Å²) in [6, 6.07) is 20.1. The summed E-state index contributed by atoms with van der Waals surface area (Å²) in [5.74, 6) is 1.03. The van der Waals surface area contributed by atoms with Crippen LogP contribution in [0.2, 0.25) is 0 Å². The normalized spacial score (nSPS) is 11.2. The van der Waals surface area contributed by atoms with Crippen LogP contribution in [0.15, 0.2) is 94.7 Å². The largest absolute Gasteiger partial charge is 0.494 e. The van der Waals surface area contributed by atoms with E-state index in [4.69, 9.17) is 61.4 Å². The van der Waals surface area contributed by atoms with Crippen LogP contribution in [0.25, 0.3) is 0 Å². The van der Waals surface area contributed by atoms with Crippen molar-refractivity contribution in [1.82, 2.24) is 19.9 Å². The number of nitrogens with one attached hydrogen (secondary N) is 2. The number of benzene rings is 4. The van der Waals surface area contributed by atoms with E-state index < -0.39 is 52.5 Å². The molecule has 2 heterocycles. The Morgan fingerprint density at radius 2 is 0.831 bits per heavy atom. The van der Waals surface area contributed by atoms with Crippen LogP contribution in [-0.4, -0.2) is 79.3 Å². The van der Waals surface area contributed by atoms with Gasteiger partial charge in [-0.25, -0.2) is 0 Å². The average molecular weight is 1050 g/mol. The molecule has 16 N–H and O–H groups in total. The van der Waals surface area contributed by atoms with Crippen molar-refractivity contribution in [2.24, 2.45) is 0 Å². The SMILES string of the molecule is Cc1ccc(S(=O)(=O)F)cc1C(=O)Nc1ccc(OCCCc2c(N)nc(N)nc2N)cc1.Cc1ccc(S(=O)(=O)F)cc1C(=O)Nc1ccc(OCCCc2c(N)nc(N)nc2N)cc1.O=S(=O)(O)O. The molecule has 0 aliphatic heterocycles. The molecule has 6 aromatic rings. The molecule has 6 rings (SSSR count). The molecular weight excluding hydrogens is 999 g/mol. The smallest absolute Gasteiger partial charge is 0.394 e. The zero-order valence-electron chi connectivity index (χ0n) is 37.5. The fraction of sp³-hybridized carbons (Fsp3) is 0.190.